The van der Waals surface area contributed by atoms with Crippen LogP contribution in [0.4, 0.5) is 14.5 Å². The summed E-state index contributed by atoms with van der Waals surface area (Å²) in [6, 6.07) is 10.1. The van der Waals surface area contributed by atoms with Crippen LogP contribution in [0.3, 0.4) is 0 Å². The maximum atomic E-state index is 13.8. The quantitative estimate of drug-likeness (QED) is 0.623. The third-order valence-corrected chi connectivity index (χ3v) is 5.85. The van der Waals surface area contributed by atoms with Crippen LogP contribution in [0, 0.1) is 17.0 Å². The topological polar surface area (TPSA) is 37.4 Å². The highest BCUT2D eigenvalue weighted by molar-refractivity contribution is 6.31. The zero-order valence-corrected chi connectivity index (χ0v) is 16.9. The van der Waals surface area contributed by atoms with Gasteiger partial charge in [0.05, 0.1) is 10.7 Å². The lowest BCUT2D eigenvalue weighted by atomic mass is 9.69. The first-order chi connectivity index (χ1) is 13.7. The van der Waals surface area contributed by atoms with Gasteiger partial charge in [0.2, 0.25) is 5.91 Å². The number of carbonyl (C=O) groups excluding carboxylic acids is 2. The number of hydrogen-bond acceptors (Lipinski definition) is 2. The van der Waals surface area contributed by atoms with E-state index in [4.69, 9.17) is 11.6 Å². The molecule has 29 heavy (non-hydrogen) atoms. The molecule has 1 amide bonds. The number of benzene rings is 2. The van der Waals surface area contributed by atoms with E-state index in [9.17, 15) is 18.4 Å². The zero-order valence-electron chi connectivity index (χ0n) is 16.1. The van der Waals surface area contributed by atoms with E-state index in [-0.39, 0.29) is 28.5 Å². The van der Waals surface area contributed by atoms with Crippen molar-refractivity contribution in [3.63, 3.8) is 0 Å². The molecule has 1 aliphatic carbocycles. The molecule has 2 aromatic carbocycles. The number of allylic oxidation sites excluding steroid dienone is 2. The second-order valence-corrected chi connectivity index (χ2v) is 8.85. The van der Waals surface area contributed by atoms with Crippen LogP contribution in [0.5, 0.6) is 0 Å². The molecule has 1 unspecified atom stereocenters. The fourth-order valence-electron chi connectivity index (χ4n) is 4.35. The lowest BCUT2D eigenvalue weighted by Crippen LogP contribution is -2.43. The van der Waals surface area contributed by atoms with Crippen molar-refractivity contribution in [2.45, 2.75) is 39.0 Å². The van der Waals surface area contributed by atoms with Crippen molar-refractivity contribution in [3.8, 4) is 0 Å². The number of rotatable bonds is 2. The van der Waals surface area contributed by atoms with Crippen LogP contribution >= 0.6 is 11.6 Å². The normalized spacial score (nSPS) is 21.4. The Kier molecular flexibility index (Phi) is 4.82. The molecule has 0 fully saturated rings. The summed E-state index contributed by atoms with van der Waals surface area (Å²) in [5, 5.41) is -0.0916. The van der Waals surface area contributed by atoms with Gasteiger partial charge in [-0.2, -0.15) is 0 Å². The van der Waals surface area contributed by atoms with Crippen molar-refractivity contribution in [1.82, 2.24) is 0 Å². The van der Waals surface area contributed by atoms with Crippen LogP contribution in [0.1, 0.15) is 44.6 Å². The standard InChI is InChI=1S/C23H20ClF2NO2/c1-23(2)11-19-22(20(28)12-23)16(13-4-3-5-14(25)8-13)10-21(29)27(19)15-6-7-18(26)17(24)9-15/h3-9,16H,10-12H2,1-2H3. The first kappa shape index (κ1) is 19.8. The lowest BCUT2D eigenvalue weighted by molar-refractivity contribution is -0.121. The summed E-state index contributed by atoms with van der Waals surface area (Å²) in [5.41, 5.74) is 1.84. The Morgan fingerprint density at radius 3 is 2.52 bits per heavy atom. The highest BCUT2D eigenvalue weighted by Crippen LogP contribution is 2.48. The van der Waals surface area contributed by atoms with E-state index in [2.05, 4.69) is 0 Å². The van der Waals surface area contributed by atoms with E-state index in [1.165, 1.54) is 35.2 Å². The van der Waals surface area contributed by atoms with Gasteiger partial charge in [-0.1, -0.05) is 37.6 Å². The summed E-state index contributed by atoms with van der Waals surface area (Å²) in [6.45, 7) is 3.95. The van der Waals surface area contributed by atoms with Crippen molar-refractivity contribution in [2.24, 2.45) is 5.41 Å². The van der Waals surface area contributed by atoms with Crippen molar-refractivity contribution in [3.05, 3.63) is 76.0 Å². The van der Waals surface area contributed by atoms with Crippen molar-refractivity contribution >= 4 is 29.0 Å². The predicted molar refractivity (Wildman–Crippen MR) is 108 cm³/mol. The maximum absolute atomic E-state index is 13.8. The molecule has 0 bridgehead atoms. The summed E-state index contributed by atoms with van der Waals surface area (Å²) >= 11 is 5.94. The van der Waals surface area contributed by atoms with E-state index in [0.29, 0.717) is 35.4 Å². The summed E-state index contributed by atoms with van der Waals surface area (Å²) in [4.78, 5) is 27.8. The molecule has 0 N–H and O–H groups in total. The Labute approximate surface area is 173 Å². The fourth-order valence-corrected chi connectivity index (χ4v) is 4.52. The van der Waals surface area contributed by atoms with Gasteiger partial charge < -0.3 is 0 Å². The SMILES string of the molecule is CC1(C)CC(=O)C2=C(C1)N(c1ccc(F)c(Cl)c1)C(=O)CC2c1cccc(F)c1. The first-order valence-electron chi connectivity index (χ1n) is 9.46. The number of hydrogen-bond donors (Lipinski definition) is 0. The first-order valence-corrected chi connectivity index (χ1v) is 9.84. The second kappa shape index (κ2) is 7.06. The van der Waals surface area contributed by atoms with Crippen LogP contribution in [-0.2, 0) is 9.59 Å². The molecule has 0 saturated carbocycles. The molecule has 1 heterocycles. The monoisotopic (exact) mass is 415 g/mol. The minimum Gasteiger partial charge on any atom is -0.294 e. The van der Waals surface area contributed by atoms with Gasteiger partial charge in [-0.25, -0.2) is 8.78 Å². The van der Waals surface area contributed by atoms with Crippen molar-refractivity contribution in [2.75, 3.05) is 4.90 Å². The highest BCUT2D eigenvalue weighted by Gasteiger charge is 2.44. The van der Waals surface area contributed by atoms with Gasteiger partial charge in [0, 0.05) is 30.0 Å². The van der Waals surface area contributed by atoms with E-state index >= 15 is 0 Å². The molecule has 1 atom stereocenters. The van der Waals surface area contributed by atoms with Crippen LogP contribution in [0.15, 0.2) is 53.7 Å². The molecule has 6 heteroatoms. The van der Waals surface area contributed by atoms with Gasteiger partial charge in [-0.05, 0) is 47.7 Å². The molecule has 0 spiro atoms. The van der Waals surface area contributed by atoms with Crippen molar-refractivity contribution < 1.29 is 18.4 Å². The minimum absolute atomic E-state index is 0.0312. The Bertz CT molecular complexity index is 1060. The zero-order chi connectivity index (χ0) is 20.9. The third kappa shape index (κ3) is 3.60. The molecule has 3 nitrogen and oxygen atoms in total. The average Bonchev–Trinajstić information content (AvgIpc) is 2.62. The molecule has 2 aromatic rings. The van der Waals surface area contributed by atoms with E-state index in [1.54, 1.807) is 12.1 Å². The molecule has 0 saturated heterocycles. The van der Waals surface area contributed by atoms with Gasteiger partial charge in [0.1, 0.15) is 11.6 Å². The second-order valence-electron chi connectivity index (χ2n) is 8.44. The number of amides is 1. The van der Waals surface area contributed by atoms with Gasteiger partial charge >= 0.3 is 0 Å². The number of halogens is 3. The van der Waals surface area contributed by atoms with Crippen LogP contribution in [0.2, 0.25) is 5.02 Å². The summed E-state index contributed by atoms with van der Waals surface area (Å²) in [6.07, 6.45) is 0.883. The Balaban J connectivity index is 1.91. The molecule has 150 valence electrons. The van der Waals surface area contributed by atoms with E-state index in [0.717, 1.165) is 0 Å². The number of nitrogens with zero attached hydrogens (tertiary/aromatic N) is 1. The van der Waals surface area contributed by atoms with Crippen LogP contribution in [-0.4, -0.2) is 11.7 Å². The van der Waals surface area contributed by atoms with Crippen molar-refractivity contribution in [1.29, 1.82) is 0 Å². The molecule has 4 rings (SSSR count). The largest absolute Gasteiger partial charge is 0.294 e. The summed E-state index contributed by atoms with van der Waals surface area (Å²) < 4.78 is 27.5. The van der Waals surface area contributed by atoms with Crippen LogP contribution < -0.4 is 4.90 Å². The molecule has 2 aliphatic rings. The Morgan fingerprint density at radius 1 is 1.07 bits per heavy atom. The molecule has 1 aliphatic heterocycles. The summed E-state index contributed by atoms with van der Waals surface area (Å²) in [7, 11) is 0. The predicted octanol–water partition coefficient (Wildman–Crippen LogP) is 5.78. The highest BCUT2D eigenvalue weighted by atomic mass is 35.5. The number of anilines is 1. The smallest absolute Gasteiger partial charge is 0.232 e. The van der Waals surface area contributed by atoms with E-state index < -0.39 is 17.6 Å². The van der Waals surface area contributed by atoms with Gasteiger partial charge in [-0.15, -0.1) is 0 Å². The molecular weight excluding hydrogens is 396 g/mol. The fraction of sp³-hybridized carbons (Fsp3) is 0.304. The minimum atomic E-state index is -0.577. The van der Waals surface area contributed by atoms with Gasteiger partial charge in [0.15, 0.2) is 5.78 Å². The van der Waals surface area contributed by atoms with Gasteiger partial charge in [0.25, 0.3) is 0 Å². The van der Waals surface area contributed by atoms with E-state index in [1.807, 2.05) is 13.8 Å². The summed E-state index contributed by atoms with van der Waals surface area (Å²) in [5.74, 6) is -1.76. The number of ketones is 1. The third-order valence-electron chi connectivity index (χ3n) is 5.56. The van der Waals surface area contributed by atoms with Gasteiger partial charge in [-0.3, -0.25) is 14.5 Å². The molecule has 0 radical (unpaired) electrons. The number of carbonyl (C=O) groups is 2. The van der Waals surface area contributed by atoms with Crippen LogP contribution in [0.25, 0.3) is 0 Å². The average molecular weight is 416 g/mol. The Hall–Kier alpha value is -2.53. The molecule has 0 aromatic heterocycles. The Morgan fingerprint density at radius 2 is 1.83 bits per heavy atom. The number of Topliss-reactive ketones (excluding diaryl/α,β-unsaturated/α-hetero) is 1. The molecular formula is C23H20ClF2NO2. The lowest BCUT2D eigenvalue weighted by Gasteiger charge is -2.43. The maximum Gasteiger partial charge on any atom is 0.232 e.